The Kier molecular flexibility index (Phi) is 6.45. The monoisotopic (exact) mass is 370 g/mol. The van der Waals surface area contributed by atoms with Gasteiger partial charge < -0.3 is 20.1 Å². The number of hydrogen-bond acceptors (Lipinski definition) is 4. The Morgan fingerprint density at radius 1 is 1.21 bits per heavy atom. The highest BCUT2D eigenvalue weighted by molar-refractivity contribution is 6.39. The van der Waals surface area contributed by atoms with Gasteiger partial charge in [0, 0.05) is 12.6 Å². The topological polar surface area (TPSA) is 87.5 Å². The molecule has 0 unspecified atom stereocenters. The number of anilines is 2. The van der Waals surface area contributed by atoms with Crippen molar-refractivity contribution in [2.24, 2.45) is 0 Å². The minimum Gasteiger partial charge on any atom is -0.363 e. The number of carbonyl (C=O) groups excluding carboxylic acids is 2. The maximum absolute atomic E-state index is 12.4. The molecule has 0 aliphatic carbocycles. The molecule has 2 N–H and O–H groups in total. The molecule has 7 nitrogen and oxygen atoms in total. The molecule has 9 heteroatoms. The first-order chi connectivity index (χ1) is 11.5. The summed E-state index contributed by atoms with van der Waals surface area (Å²) in [6.45, 7) is 2.15. The molecule has 0 saturated heterocycles. The van der Waals surface area contributed by atoms with Crippen LogP contribution in [0.25, 0.3) is 0 Å². The molecule has 1 aromatic heterocycles. The van der Waals surface area contributed by atoms with Crippen molar-refractivity contribution < 1.29 is 14.1 Å². The highest BCUT2D eigenvalue weighted by Gasteiger charge is 2.19. The highest BCUT2D eigenvalue weighted by atomic mass is 35.5. The van der Waals surface area contributed by atoms with Gasteiger partial charge in [-0.05, 0) is 18.6 Å². The fraction of sp³-hybridized carbons (Fsp3) is 0.267. The first-order valence-electron chi connectivity index (χ1n) is 7.21. The quantitative estimate of drug-likeness (QED) is 0.807. The van der Waals surface area contributed by atoms with E-state index in [0.29, 0.717) is 28.7 Å². The van der Waals surface area contributed by atoms with Gasteiger partial charge in [0.15, 0.2) is 5.82 Å². The van der Waals surface area contributed by atoms with Crippen LogP contribution in [-0.4, -0.2) is 35.1 Å². The van der Waals surface area contributed by atoms with Crippen LogP contribution < -0.4 is 10.6 Å². The van der Waals surface area contributed by atoms with E-state index >= 15 is 0 Å². The van der Waals surface area contributed by atoms with E-state index in [0.717, 1.165) is 0 Å². The number of nitrogens with one attached hydrogen (secondary N) is 2. The molecule has 2 rings (SSSR count). The lowest BCUT2D eigenvalue weighted by molar-refractivity contribution is -0.116. The Balaban J connectivity index is 2.03. The van der Waals surface area contributed by atoms with Crippen LogP contribution >= 0.6 is 23.2 Å². The highest BCUT2D eigenvalue weighted by Crippen LogP contribution is 2.30. The van der Waals surface area contributed by atoms with E-state index < -0.39 is 11.9 Å². The molecular formula is C15H16Cl2N4O3. The molecule has 0 aliphatic heterocycles. The standard InChI is InChI=1S/C15H16Cl2N4O3/c1-2-7-21(9-13(22)18-12-6-8-24-20-12)15(23)19-14-10(16)4-3-5-11(14)17/h3-6,8H,2,7,9H2,1H3,(H,19,23)(H,18,20,22). The molecule has 1 aromatic carbocycles. The molecule has 0 spiro atoms. The summed E-state index contributed by atoms with van der Waals surface area (Å²) in [6, 6.07) is 5.94. The van der Waals surface area contributed by atoms with Gasteiger partial charge >= 0.3 is 6.03 Å². The minimum absolute atomic E-state index is 0.144. The second-order valence-electron chi connectivity index (χ2n) is 4.88. The molecule has 0 bridgehead atoms. The van der Waals surface area contributed by atoms with Gasteiger partial charge in [-0.15, -0.1) is 0 Å². The molecule has 128 valence electrons. The first kappa shape index (κ1) is 18.1. The average Bonchev–Trinajstić information content (AvgIpc) is 3.03. The molecule has 0 fully saturated rings. The molecule has 3 amide bonds. The van der Waals surface area contributed by atoms with Crippen molar-refractivity contribution in [3.05, 3.63) is 40.6 Å². The van der Waals surface area contributed by atoms with Gasteiger partial charge in [0.05, 0.1) is 15.7 Å². The van der Waals surface area contributed by atoms with Crippen LogP contribution in [0.3, 0.4) is 0 Å². The fourth-order valence-corrected chi connectivity index (χ4v) is 2.45. The number of aromatic nitrogens is 1. The van der Waals surface area contributed by atoms with Crippen molar-refractivity contribution in [2.45, 2.75) is 13.3 Å². The van der Waals surface area contributed by atoms with Gasteiger partial charge in [-0.2, -0.15) is 0 Å². The maximum atomic E-state index is 12.4. The summed E-state index contributed by atoms with van der Waals surface area (Å²) in [7, 11) is 0. The number of nitrogens with zero attached hydrogens (tertiary/aromatic N) is 2. The van der Waals surface area contributed by atoms with E-state index in [1.54, 1.807) is 18.2 Å². The lowest BCUT2D eigenvalue weighted by Crippen LogP contribution is -2.41. The van der Waals surface area contributed by atoms with Crippen LogP contribution in [0.15, 0.2) is 35.1 Å². The molecule has 1 heterocycles. The Bertz CT molecular complexity index is 686. The van der Waals surface area contributed by atoms with Gasteiger partial charge in [-0.3, -0.25) is 4.79 Å². The van der Waals surface area contributed by atoms with Crippen LogP contribution in [-0.2, 0) is 4.79 Å². The Morgan fingerprint density at radius 3 is 2.50 bits per heavy atom. The second kappa shape index (κ2) is 8.56. The van der Waals surface area contributed by atoms with E-state index in [9.17, 15) is 9.59 Å². The third kappa shape index (κ3) is 4.87. The average molecular weight is 371 g/mol. The molecule has 24 heavy (non-hydrogen) atoms. The van der Waals surface area contributed by atoms with Crippen molar-refractivity contribution in [3.63, 3.8) is 0 Å². The first-order valence-corrected chi connectivity index (χ1v) is 7.97. The number of amides is 3. The zero-order chi connectivity index (χ0) is 17.5. The normalized spacial score (nSPS) is 10.3. The van der Waals surface area contributed by atoms with Crippen LogP contribution in [0.2, 0.25) is 10.0 Å². The van der Waals surface area contributed by atoms with Crippen molar-refractivity contribution in [1.29, 1.82) is 0 Å². The summed E-state index contributed by atoms with van der Waals surface area (Å²) >= 11 is 12.1. The predicted octanol–water partition coefficient (Wildman–Crippen LogP) is 3.86. The largest absolute Gasteiger partial charge is 0.363 e. The third-order valence-corrected chi connectivity index (χ3v) is 3.65. The summed E-state index contributed by atoms with van der Waals surface area (Å²) in [5.41, 5.74) is 0.309. The van der Waals surface area contributed by atoms with Crippen molar-refractivity contribution in [2.75, 3.05) is 23.7 Å². The van der Waals surface area contributed by atoms with E-state index in [-0.39, 0.29) is 12.4 Å². The second-order valence-corrected chi connectivity index (χ2v) is 5.70. The summed E-state index contributed by atoms with van der Waals surface area (Å²) in [4.78, 5) is 25.8. The summed E-state index contributed by atoms with van der Waals surface area (Å²) < 4.78 is 4.63. The Hall–Kier alpha value is -2.25. The number of rotatable bonds is 6. The zero-order valence-electron chi connectivity index (χ0n) is 12.9. The van der Waals surface area contributed by atoms with Crippen molar-refractivity contribution in [3.8, 4) is 0 Å². The summed E-state index contributed by atoms with van der Waals surface area (Å²) in [5, 5.41) is 9.39. The number of hydrogen-bond donors (Lipinski definition) is 2. The zero-order valence-corrected chi connectivity index (χ0v) is 14.4. The van der Waals surface area contributed by atoms with Crippen LogP contribution in [0, 0.1) is 0 Å². The van der Waals surface area contributed by atoms with Crippen LogP contribution in [0.4, 0.5) is 16.3 Å². The Labute approximate surface area is 148 Å². The predicted molar refractivity (Wildman–Crippen MR) is 92.5 cm³/mol. The van der Waals surface area contributed by atoms with Crippen molar-refractivity contribution >= 4 is 46.6 Å². The minimum atomic E-state index is -0.470. The summed E-state index contributed by atoms with van der Waals surface area (Å²) in [6.07, 6.45) is 2.02. The van der Waals surface area contributed by atoms with Gasteiger partial charge in [0.25, 0.3) is 0 Å². The van der Waals surface area contributed by atoms with Crippen LogP contribution in [0.5, 0.6) is 0 Å². The number of urea groups is 1. The van der Waals surface area contributed by atoms with E-state index in [2.05, 4.69) is 20.3 Å². The number of benzene rings is 1. The van der Waals surface area contributed by atoms with E-state index in [4.69, 9.17) is 23.2 Å². The van der Waals surface area contributed by atoms with Gasteiger partial charge in [0.1, 0.15) is 12.8 Å². The number of halogens is 2. The lowest BCUT2D eigenvalue weighted by atomic mass is 10.3. The van der Waals surface area contributed by atoms with Crippen molar-refractivity contribution in [1.82, 2.24) is 10.1 Å². The molecular weight excluding hydrogens is 355 g/mol. The summed E-state index contributed by atoms with van der Waals surface area (Å²) in [5.74, 6) is -0.108. The smallest absolute Gasteiger partial charge is 0.322 e. The van der Waals surface area contributed by atoms with Gasteiger partial charge in [-0.1, -0.05) is 41.3 Å². The third-order valence-electron chi connectivity index (χ3n) is 3.02. The van der Waals surface area contributed by atoms with Crippen LogP contribution in [0.1, 0.15) is 13.3 Å². The SMILES string of the molecule is CCCN(CC(=O)Nc1ccon1)C(=O)Nc1c(Cl)cccc1Cl. The maximum Gasteiger partial charge on any atom is 0.322 e. The molecule has 0 saturated carbocycles. The molecule has 0 radical (unpaired) electrons. The van der Waals surface area contributed by atoms with E-state index in [1.807, 2.05) is 6.92 Å². The van der Waals surface area contributed by atoms with E-state index in [1.165, 1.54) is 17.2 Å². The Morgan fingerprint density at radius 2 is 1.92 bits per heavy atom. The van der Waals surface area contributed by atoms with Gasteiger partial charge in [-0.25, -0.2) is 4.79 Å². The number of carbonyl (C=O) groups is 2. The van der Waals surface area contributed by atoms with Gasteiger partial charge in [0.2, 0.25) is 5.91 Å². The molecule has 0 atom stereocenters. The fourth-order valence-electron chi connectivity index (χ4n) is 1.96. The lowest BCUT2D eigenvalue weighted by Gasteiger charge is -2.22. The molecule has 2 aromatic rings. The molecule has 0 aliphatic rings. The number of para-hydroxylation sites is 1.